The molecule has 1 saturated heterocycles. The fourth-order valence-corrected chi connectivity index (χ4v) is 3.21. The molecule has 6 heteroatoms. The highest BCUT2D eigenvalue weighted by Gasteiger charge is 2.21. The van der Waals surface area contributed by atoms with Crippen LogP contribution in [0.25, 0.3) is 0 Å². The molecule has 0 saturated carbocycles. The summed E-state index contributed by atoms with van der Waals surface area (Å²) in [5.74, 6) is -0.209. The summed E-state index contributed by atoms with van der Waals surface area (Å²) in [5.41, 5.74) is 0.801. The van der Waals surface area contributed by atoms with E-state index in [9.17, 15) is 4.79 Å². The fourth-order valence-electron chi connectivity index (χ4n) is 2.33. The molecule has 0 aliphatic carbocycles. The van der Waals surface area contributed by atoms with Crippen molar-refractivity contribution in [1.82, 2.24) is 4.98 Å². The van der Waals surface area contributed by atoms with Gasteiger partial charge in [-0.05, 0) is 26.7 Å². The number of ether oxygens (including phenoxy) is 2. The monoisotopic (exact) mass is 298 g/mol. The summed E-state index contributed by atoms with van der Waals surface area (Å²) in [4.78, 5) is 18.2. The molecule has 1 aromatic heterocycles. The van der Waals surface area contributed by atoms with E-state index in [0.29, 0.717) is 12.7 Å². The van der Waals surface area contributed by atoms with Gasteiger partial charge in [0.2, 0.25) is 0 Å². The van der Waals surface area contributed by atoms with Gasteiger partial charge in [0.05, 0.1) is 24.8 Å². The molecule has 1 aromatic rings. The van der Waals surface area contributed by atoms with Crippen LogP contribution in [0.15, 0.2) is 5.38 Å². The first kappa shape index (κ1) is 15.3. The van der Waals surface area contributed by atoms with Crippen LogP contribution >= 0.6 is 11.3 Å². The van der Waals surface area contributed by atoms with Gasteiger partial charge in [-0.15, -0.1) is 11.3 Å². The van der Waals surface area contributed by atoms with Crippen molar-refractivity contribution in [2.24, 2.45) is 0 Å². The van der Waals surface area contributed by atoms with Crippen molar-refractivity contribution in [3.63, 3.8) is 0 Å². The second-order valence-electron chi connectivity index (χ2n) is 4.74. The molecule has 2 rings (SSSR count). The summed E-state index contributed by atoms with van der Waals surface area (Å²) in [6, 6.07) is 0. The Kier molecular flexibility index (Phi) is 5.79. The Morgan fingerprint density at radius 3 is 2.80 bits per heavy atom. The fraction of sp³-hybridized carbons (Fsp3) is 0.714. The molecule has 1 aliphatic heterocycles. The minimum Gasteiger partial charge on any atom is -0.466 e. The van der Waals surface area contributed by atoms with Crippen molar-refractivity contribution in [2.75, 3.05) is 31.2 Å². The molecule has 0 unspecified atom stereocenters. The average molecular weight is 298 g/mol. The van der Waals surface area contributed by atoms with E-state index in [4.69, 9.17) is 9.47 Å². The Labute approximate surface area is 123 Å². The molecule has 0 radical (unpaired) electrons. The van der Waals surface area contributed by atoms with Crippen LogP contribution in [0.5, 0.6) is 0 Å². The van der Waals surface area contributed by atoms with Crippen molar-refractivity contribution in [3.8, 4) is 0 Å². The van der Waals surface area contributed by atoms with E-state index in [1.807, 2.05) is 19.2 Å². The van der Waals surface area contributed by atoms with E-state index < -0.39 is 0 Å². The molecule has 5 nitrogen and oxygen atoms in total. The summed E-state index contributed by atoms with van der Waals surface area (Å²) in [5, 5.41) is 2.94. The van der Waals surface area contributed by atoms with Crippen molar-refractivity contribution >= 4 is 22.4 Å². The maximum atomic E-state index is 11.4. The number of aromatic nitrogens is 1. The highest BCUT2D eigenvalue weighted by molar-refractivity contribution is 7.13. The lowest BCUT2D eigenvalue weighted by Crippen LogP contribution is -2.37. The van der Waals surface area contributed by atoms with Crippen molar-refractivity contribution in [3.05, 3.63) is 11.1 Å². The molecule has 0 bridgehead atoms. The van der Waals surface area contributed by atoms with Crippen LogP contribution in [-0.4, -0.2) is 43.4 Å². The van der Waals surface area contributed by atoms with Crippen LogP contribution in [0.4, 0.5) is 5.13 Å². The van der Waals surface area contributed by atoms with Crippen LogP contribution in [0.2, 0.25) is 0 Å². The van der Waals surface area contributed by atoms with Gasteiger partial charge in [0.15, 0.2) is 5.13 Å². The molecule has 0 atom stereocenters. The lowest BCUT2D eigenvalue weighted by Gasteiger charge is -2.31. The maximum Gasteiger partial charge on any atom is 0.311 e. The molecule has 2 heterocycles. The van der Waals surface area contributed by atoms with Crippen molar-refractivity contribution in [1.29, 1.82) is 0 Å². The predicted octanol–water partition coefficient (Wildman–Crippen LogP) is 2.25. The molecule has 1 fully saturated rings. The molecule has 0 N–H and O–H groups in total. The summed E-state index contributed by atoms with van der Waals surface area (Å²) < 4.78 is 10.6. The van der Waals surface area contributed by atoms with E-state index in [1.54, 1.807) is 11.3 Å². The minimum absolute atomic E-state index is 0.209. The van der Waals surface area contributed by atoms with E-state index in [2.05, 4.69) is 9.88 Å². The number of hydrogen-bond acceptors (Lipinski definition) is 6. The Morgan fingerprint density at radius 1 is 1.40 bits per heavy atom. The van der Waals surface area contributed by atoms with Crippen LogP contribution in [-0.2, 0) is 20.7 Å². The molecular formula is C14H22N2O3S. The van der Waals surface area contributed by atoms with Crippen LogP contribution < -0.4 is 4.90 Å². The zero-order chi connectivity index (χ0) is 14.4. The zero-order valence-corrected chi connectivity index (χ0v) is 12.9. The van der Waals surface area contributed by atoms with E-state index in [-0.39, 0.29) is 12.4 Å². The lowest BCUT2D eigenvalue weighted by atomic mass is 10.1. The lowest BCUT2D eigenvalue weighted by molar-refractivity contribution is -0.142. The Balaban J connectivity index is 1.85. The molecule has 0 aromatic carbocycles. The van der Waals surface area contributed by atoms with E-state index >= 15 is 0 Å². The van der Waals surface area contributed by atoms with Gasteiger partial charge in [-0.1, -0.05) is 0 Å². The number of piperidine rings is 1. The number of nitrogens with zero attached hydrogens (tertiary/aromatic N) is 2. The topological polar surface area (TPSA) is 51.7 Å². The SMILES string of the molecule is CCOC(=O)Cc1csc(N2CCC(OCC)CC2)n1. The van der Waals surface area contributed by atoms with E-state index in [1.165, 1.54) is 0 Å². The van der Waals surface area contributed by atoms with Crippen LogP contribution in [0.1, 0.15) is 32.4 Å². The summed E-state index contributed by atoms with van der Waals surface area (Å²) in [6.07, 6.45) is 2.73. The maximum absolute atomic E-state index is 11.4. The van der Waals surface area contributed by atoms with Gasteiger partial charge in [-0.25, -0.2) is 4.98 Å². The molecule has 0 amide bonds. The molecule has 112 valence electrons. The van der Waals surface area contributed by atoms with Crippen molar-refractivity contribution < 1.29 is 14.3 Å². The molecular weight excluding hydrogens is 276 g/mol. The second kappa shape index (κ2) is 7.59. The van der Waals surface area contributed by atoms with Crippen LogP contribution in [0, 0.1) is 0 Å². The highest BCUT2D eigenvalue weighted by atomic mass is 32.1. The first-order chi connectivity index (χ1) is 9.72. The summed E-state index contributed by atoms with van der Waals surface area (Å²) in [7, 11) is 0. The summed E-state index contributed by atoms with van der Waals surface area (Å²) in [6.45, 7) is 6.99. The third-order valence-corrected chi connectivity index (χ3v) is 4.24. The van der Waals surface area contributed by atoms with Gasteiger partial charge < -0.3 is 14.4 Å². The number of rotatable bonds is 6. The van der Waals surface area contributed by atoms with Gasteiger partial charge in [-0.2, -0.15) is 0 Å². The number of carbonyl (C=O) groups is 1. The standard InChI is InChI=1S/C14H22N2O3S/c1-3-18-12-5-7-16(8-6-12)14-15-11(10-20-14)9-13(17)19-4-2/h10,12H,3-9H2,1-2H3. The predicted molar refractivity (Wildman–Crippen MR) is 79.3 cm³/mol. The third kappa shape index (κ3) is 4.18. The highest BCUT2D eigenvalue weighted by Crippen LogP contribution is 2.25. The van der Waals surface area contributed by atoms with Gasteiger partial charge in [0.25, 0.3) is 0 Å². The first-order valence-electron chi connectivity index (χ1n) is 7.19. The average Bonchev–Trinajstić information content (AvgIpc) is 2.88. The third-order valence-electron chi connectivity index (χ3n) is 3.29. The van der Waals surface area contributed by atoms with Gasteiger partial charge in [0, 0.05) is 25.1 Å². The Hall–Kier alpha value is -1.14. The Morgan fingerprint density at radius 2 is 2.15 bits per heavy atom. The van der Waals surface area contributed by atoms with E-state index in [0.717, 1.165) is 43.4 Å². The number of esters is 1. The summed E-state index contributed by atoms with van der Waals surface area (Å²) >= 11 is 1.60. The zero-order valence-electron chi connectivity index (χ0n) is 12.1. The van der Waals surface area contributed by atoms with Gasteiger partial charge >= 0.3 is 5.97 Å². The largest absolute Gasteiger partial charge is 0.466 e. The number of thiazole rings is 1. The minimum atomic E-state index is -0.209. The normalized spacial score (nSPS) is 16.4. The van der Waals surface area contributed by atoms with Gasteiger partial charge in [0.1, 0.15) is 0 Å². The Bertz CT molecular complexity index is 428. The first-order valence-corrected chi connectivity index (χ1v) is 8.07. The number of hydrogen-bond donors (Lipinski definition) is 0. The number of carbonyl (C=O) groups excluding carboxylic acids is 1. The number of anilines is 1. The van der Waals surface area contributed by atoms with Gasteiger partial charge in [-0.3, -0.25) is 4.79 Å². The van der Waals surface area contributed by atoms with Crippen molar-refractivity contribution in [2.45, 2.75) is 39.2 Å². The molecule has 0 spiro atoms. The molecule has 1 aliphatic rings. The quantitative estimate of drug-likeness (QED) is 0.754. The smallest absolute Gasteiger partial charge is 0.311 e. The molecule has 20 heavy (non-hydrogen) atoms. The second-order valence-corrected chi connectivity index (χ2v) is 5.58. The van der Waals surface area contributed by atoms with Crippen LogP contribution in [0.3, 0.4) is 0 Å².